The van der Waals surface area contributed by atoms with Crippen LogP contribution in [0, 0.1) is 11.6 Å². The number of fused-ring (bicyclic) bond motifs is 1. The molecule has 0 bridgehead atoms. The van der Waals surface area contributed by atoms with E-state index < -0.39 is 22.9 Å². The first kappa shape index (κ1) is 20.5. The lowest BCUT2D eigenvalue weighted by atomic mass is 10.2. The van der Waals surface area contributed by atoms with E-state index >= 15 is 0 Å². The second-order valence-electron chi connectivity index (χ2n) is 6.64. The summed E-state index contributed by atoms with van der Waals surface area (Å²) in [5, 5.41) is 4.16. The third kappa shape index (κ3) is 3.97. The van der Waals surface area contributed by atoms with Crippen LogP contribution in [-0.2, 0) is 13.6 Å². The molecule has 31 heavy (non-hydrogen) atoms. The van der Waals surface area contributed by atoms with Crippen LogP contribution in [0.5, 0.6) is 0 Å². The van der Waals surface area contributed by atoms with Gasteiger partial charge in [0.05, 0.1) is 17.8 Å². The van der Waals surface area contributed by atoms with Gasteiger partial charge in [0.2, 0.25) is 5.95 Å². The highest BCUT2D eigenvalue weighted by Gasteiger charge is 2.17. The van der Waals surface area contributed by atoms with Crippen LogP contribution in [0.15, 0.2) is 57.2 Å². The van der Waals surface area contributed by atoms with Crippen molar-refractivity contribution >= 4 is 34.9 Å². The molecule has 8 nitrogen and oxygen atoms in total. The van der Waals surface area contributed by atoms with Gasteiger partial charge < -0.3 is 0 Å². The third-order valence-corrected chi connectivity index (χ3v) is 4.95. The monoisotopic (exact) mass is 444 g/mol. The highest BCUT2D eigenvalue weighted by molar-refractivity contribution is 6.33. The van der Waals surface area contributed by atoms with Crippen LogP contribution < -0.4 is 16.7 Å². The minimum atomic E-state index is -0.637. The molecule has 0 fully saturated rings. The number of hydrogen-bond donors (Lipinski definition) is 2. The summed E-state index contributed by atoms with van der Waals surface area (Å²) in [4.78, 5) is 31.0. The zero-order valence-corrected chi connectivity index (χ0v) is 16.8. The first-order valence-electron chi connectivity index (χ1n) is 9.02. The molecule has 2 heterocycles. The molecule has 4 aromatic rings. The third-order valence-electron chi connectivity index (χ3n) is 4.62. The van der Waals surface area contributed by atoms with Crippen molar-refractivity contribution in [3.8, 4) is 0 Å². The molecule has 0 aliphatic rings. The number of benzene rings is 2. The van der Waals surface area contributed by atoms with Crippen LogP contribution in [0.2, 0.25) is 5.02 Å². The Kier molecular flexibility index (Phi) is 5.38. The molecule has 0 unspecified atom stereocenters. The van der Waals surface area contributed by atoms with E-state index in [4.69, 9.17) is 11.6 Å². The number of nitrogens with one attached hydrogen (secondary N) is 2. The number of hydrazone groups is 1. The molecule has 0 radical (unpaired) electrons. The Morgan fingerprint density at radius 3 is 2.65 bits per heavy atom. The van der Waals surface area contributed by atoms with Gasteiger partial charge in [-0.15, -0.1) is 0 Å². The van der Waals surface area contributed by atoms with Crippen LogP contribution in [0.3, 0.4) is 0 Å². The van der Waals surface area contributed by atoms with Crippen LogP contribution in [0.4, 0.5) is 14.7 Å². The fourth-order valence-corrected chi connectivity index (χ4v) is 3.25. The van der Waals surface area contributed by atoms with Gasteiger partial charge in [-0.2, -0.15) is 10.1 Å². The smallest absolute Gasteiger partial charge is 0.298 e. The van der Waals surface area contributed by atoms with E-state index in [1.165, 1.54) is 52.7 Å². The van der Waals surface area contributed by atoms with E-state index in [-0.39, 0.29) is 34.2 Å². The Bertz CT molecular complexity index is 1400. The largest absolute Gasteiger partial charge is 0.329 e. The molecule has 158 valence electrons. The van der Waals surface area contributed by atoms with Crippen molar-refractivity contribution in [3.05, 3.63) is 91.1 Å². The average molecular weight is 445 g/mol. The summed E-state index contributed by atoms with van der Waals surface area (Å²) in [5.74, 6) is -0.837. The first-order chi connectivity index (χ1) is 14.8. The van der Waals surface area contributed by atoms with Crippen molar-refractivity contribution in [3.63, 3.8) is 0 Å². The molecule has 2 N–H and O–H groups in total. The summed E-state index contributed by atoms with van der Waals surface area (Å²) < 4.78 is 29.9. The number of rotatable bonds is 5. The maximum atomic E-state index is 14.0. The maximum absolute atomic E-state index is 14.0. The van der Waals surface area contributed by atoms with Gasteiger partial charge in [0, 0.05) is 12.6 Å². The Balaban J connectivity index is 1.80. The van der Waals surface area contributed by atoms with Crippen LogP contribution in [0.1, 0.15) is 11.1 Å². The molecule has 0 saturated heterocycles. The van der Waals surface area contributed by atoms with Crippen molar-refractivity contribution in [2.75, 3.05) is 5.43 Å². The molecule has 2 aromatic carbocycles. The first-order valence-corrected chi connectivity index (χ1v) is 9.40. The maximum Gasteiger partial charge on any atom is 0.329 e. The van der Waals surface area contributed by atoms with E-state index in [2.05, 4.69) is 20.5 Å². The zero-order valence-electron chi connectivity index (χ0n) is 16.1. The Hall–Kier alpha value is -3.79. The fraction of sp³-hybridized carbons (Fsp3) is 0.100. The van der Waals surface area contributed by atoms with Crippen molar-refractivity contribution in [1.29, 1.82) is 0 Å². The van der Waals surface area contributed by atoms with Gasteiger partial charge in [0.25, 0.3) is 5.56 Å². The number of anilines is 1. The van der Waals surface area contributed by atoms with Gasteiger partial charge in [0.1, 0.15) is 11.6 Å². The summed E-state index contributed by atoms with van der Waals surface area (Å²) in [5.41, 5.74) is 2.39. The molecule has 0 aliphatic carbocycles. The Labute approximate surface area is 178 Å². The summed E-state index contributed by atoms with van der Waals surface area (Å²) >= 11 is 5.99. The number of H-pyrrole nitrogens is 1. The SMILES string of the molecule is Cn1c(=O)[nH]c(=O)c2c1nc(N/N=C\c1c(F)cccc1Cl)n2Cc1ccc(F)cc1. The minimum absolute atomic E-state index is 0.0723. The molecule has 11 heteroatoms. The minimum Gasteiger partial charge on any atom is -0.298 e. The van der Waals surface area contributed by atoms with Crippen molar-refractivity contribution in [2.24, 2.45) is 12.1 Å². The fourth-order valence-electron chi connectivity index (χ4n) is 3.03. The number of halogens is 3. The lowest BCUT2D eigenvalue weighted by Crippen LogP contribution is -2.29. The second kappa shape index (κ2) is 8.15. The zero-order chi connectivity index (χ0) is 22.1. The lowest BCUT2D eigenvalue weighted by Gasteiger charge is -2.08. The standard InChI is InChI=1S/C20H15ClF2N6O2/c1-28-17-16(18(30)26-20(28)31)29(10-11-5-7-12(22)8-6-11)19(25-17)27-24-9-13-14(21)3-2-4-15(13)23/h2-9H,10H2,1H3,(H,25,27)(H,26,30,31)/b24-9-. The topological polar surface area (TPSA) is 97.1 Å². The van der Waals surface area contributed by atoms with Gasteiger partial charge in [0.15, 0.2) is 11.2 Å². The molecule has 0 spiro atoms. The highest BCUT2D eigenvalue weighted by Crippen LogP contribution is 2.19. The van der Waals surface area contributed by atoms with Gasteiger partial charge in [-0.05, 0) is 29.8 Å². The number of nitrogens with zero attached hydrogens (tertiary/aromatic N) is 4. The van der Waals surface area contributed by atoms with Crippen molar-refractivity contribution in [2.45, 2.75) is 6.54 Å². The predicted molar refractivity (Wildman–Crippen MR) is 114 cm³/mol. The summed E-state index contributed by atoms with van der Waals surface area (Å²) in [7, 11) is 1.46. The summed E-state index contributed by atoms with van der Waals surface area (Å²) in [6.07, 6.45) is 1.18. The van der Waals surface area contributed by atoms with E-state index in [0.717, 1.165) is 0 Å². The molecular weight excluding hydrogens is 430 g/mol. The molecule has 4 rings (SSSR count). The molecule has 0 aliphatic heterocycles. The van der Waals surface area contributed by atoms with E-state index in [0.29, 0.717) is 5.56 Å². The molecule has 0 atom stereocenters. The van der Waals surface area contributed by atoms with Crippen LogP contribution in [0.25, 0.3) is 11.2 Å². The van der Waals surface area contributed by atoms with E-state index in [1.807, 2.05) is 0 Å². The van der Waals surface area contributed by atoms with E-state index in [9.17, 15) is 18.4 Å². The quantitative estimate of drug-likeness (QED) is 0.365. The van der Waals surface area contributed by atoms with Crippen molar-refractivity contribution < 1.29 is 8.78 Å². The molecule has 2 aromatic heterocycles. The lowest BCUT2D eigenvalue weighted by molar-refractivity contribution is 0.625. The molecule has 0 saturated carbocycles. The number of hydrogen-bond acceptors (Lipinski definition) is 5. The van der Waals surface area contributed by atoms with Gasteiger partial charge in [-0.3, -0.25) is 18.9 Å². The number of imidazole rings is 1. The summed E-state index contributed by atoms with van der Waals surface area (Å²) in [6.45, 7) is 0.135. The second-order valence-corrected chi connectivity index (χ2v) is 7.05. The normalized spacial score (nSPS) is 11.5. The van der Waals surface area contributed by atoms with Crippen LogP contribution >= 0.6 is 11.6 Å². The van der Waals surface area contributed by atoms with E-state index in [1.54, 1.807) is 12.1 Å². The van der Waals surface area contributed by atoms with Gasteiger partial charge in [-0.1, -0.05) is 29.8 Å². The van der Waals surface area contributed by atoms with Gasteiger partial charge in [-0.25, -0.2) is 19.0 Å². The number of aryl methyl sites for hydroxylation is 1. The predicted octanol–water partition coefficient (Wildman–Crippen LogP) is 2.85. The number of aromatic nitrogens is 4. The average Bonchev–Trinajstić information content (AvgIpc) is 3.09. The van der Waals surface area contributed by atoms with Crippen LogP contribution in [-0.4, -0.2) is 25.3 Å². The molecule has 0 amide bonds. The summed E-state index contributed by atoms with van der Waals surface area (Å²) in [6, 6.07) is 9.93. The molecular formula is C20H15ClF2N6O2. The Morgan fingerprint density at radius 2 is 1.94 bits per heavy atom. The van der Waals surface area contributed by atoms with Crippen molar-refractivity contribution in [1.82, 2.24) is 19.1 Å². The number of aromatic amines is 1. The van der Waals surface area contributed by atoms with Gasteiger partial charge >= 0.3 is 5.69 Å². The highest BCUT2D eigenvalue weighted by atomic mass is 35.5. The Morgan fingerprint density at radius 1 is 1.19 bits per heavy atom.